The Morgan fingerprint density at radius 2 is 2.17 bits per heavy atom. The molecule has 0 aliphatic carbocycles. The molecule has 1 saturated heterocycles. The Bertz CT molecular complexity index is 426. The smallest absolute Gasteiger partial charge is 0.221 e. The zero-order valence-corrected chi connectivity index (χ0v) is 10.7. The van der Waals surface area contributed by atoms with E-state index in [9.17, 15) is 4.79 Å². The molecular weight excluding hydrogens is 228 g/mol. The van der Waals surface area contributed by atoms with Crippen molar-refractivity contribution in [3.05, 3.63) is 29.3 Å². The van der Waals surface area contributed by atoms with E-state index in [1.54, 1.807) is 7.11 Å². The maximum absolute atomic E-state index is 11.0. The first-order valence-electron chi connectivity index (χ1n) is 6.36. The van der Waals surface area contributed by atoms with E-state index in [2.05, 4.69) is 11.4 Å². The van der Waals surface area contributed by atoms with Gasteiger partial charge in [-0.25, -0.2) is 0 Å². The van der Waals surface area contributed by atoms with Gasteiger partial charge in [0.25, 0.3) is 0 Å². The fourth-order valence-electron chi connectivity index (χ4n) is 2.50. The predicted octanol–water partition coefficient (Wildman–Crippen LogP) is 1.19. The van der Waals surface area contributed by atoms with Gasteiger partial charge in [-0.1, -0.05) is 12.1 Å². The number of hydrogen-bond acceptors (Lipinski definition) is 3. The molecular formula is C14H20N2O2. The number of rotatable bonds is 4. The molecule has 0 atom stereocenters. The first kappa shape index (κ1) is 12.9. The number of nitrogens with two attached hydrogens (primary N) is 1. The average molecular weight is 248 g/mol. The molecule has 18 heavy (non-hydrogen) atoms. The zero-order chi connectivity index (χ0) is 13.0. The van der Waals surface area contributed by atoms with Gasteiger partial charge in [-0.15, -0.1) is 0 Å². The highest BCUT2D eigenvalue weighted by atomic mass is 16.5. The number of piperidine rings is 1. The highest BCUT2D eigenvalue weighted by Gasteiger charge is 2.17. The van der Waals surface area contributed by atoms with E-state index in [-0.39, 0.29) is 12.3 Å². The lowest BCUT2D eigenvalue weighted by Crippen LogP contribution is -2.26. The molecule has 4 nitrogen and oxygen atoms in total. The fraction of sp³-hybridized carbons (Fsp3) is 0.500. The fourth-order valence-corrected chi connectivity index (χ4v) is 2.50. The molecule has 3 N–H and O–H groups in total. The van der Waals surface area contributed by atoms with Gasteiger partial charge >= 0.3 is 0 Å². The maximum Gasteiger partial charge on any atom is 0.221 e. The SMILES string of the molecule is COc1cc(C2CCNCC2)ccc1CC(N)=O. The Hall–Kier alpha value is -1.55. The highest BCUT2D eigenvalue weighted by Crippen LogP contribution is 2.30. The van der Waals surface area contributed by atoms with E-state index in [0.29, 0.717) is 5.92 Å². The molecule has 1 aromatic carbocycles. The summed E-state index contributed by atoms with van der Waals surface area (Å²) >= 11 is 0. The lowest BCUT2D eigenvalue weighted by Gasteiger charge is -2.23. The van der Waals surface area contributed by atoms with Crippen molar-refractivity contribution in [3.63, 3.8) is 0 Å². The lowest BCUT2D eigenvalue weighted by molar-refractivity contribution is -0.117. The second kappa shape index (κ2) is 5.87. The summed E-state index contributed by atoms with van der Waals surface area (Å²) < 4.78 is 5.35. The number of methoxy groups -OCH3 is 1. The van der Waals surface area contributed by atoms with Crippen molar-refractivity contribution in [1.29, 1.82) is 0 Å². The van der Waals surface area contributed by atoms with Gasteiger partial charge in [0.15, 0.2) is 0 Å². The van der Waals surface area contributed by atoms with E-state index in [1.165, 1.54) is 5.56 Å². The van der Waals surface area contributed by atoms with Gasteiger partial charge in [-0.3, -0.25) is 4.79 Å². The Morgan fingerprint density at radius 3 is 2.78 bits per heavy atom. The Morgan fingerprint density at radius 1 is 1.44 bits per heavy atom. The van der Waals surface area contributed by atoms with E-state index < -0.39 is 0 Å². The van der Waals surface area contributed by atoms with Crippen LogP contribution in [0.25, 0.3) is 0 Å². The average Bonchev–Trinajstić information content (AvgIpc) is 2.39. The molecule has 1 aliphatic heterocycles. The largest absolute Gasteiger partial charge is 0.496 e. The minimum absolute atomic E-state index is 0.232. The normalized spacial score (nSPS) is 16.5. The van der Waals surface area contributed by atoms with Crippen molar-refractivity contribution in [3.8, 4) is 5.75 Å². The van der Waals surface area contributed by atoms with E-state index in [1.807, 2.05) is 12.1 Å². The molecule has 0 unspecified atom stereocenters. The first-order chi connectivity index (χ1) is 8.70. The van der Waals surface area contributed by atoms with Crippen molar-refractivity contribution in [2.24, 2.45) is 5.73 Å². The third-order valence-corrected chi connectivity index (χ3v) is 3.49. The van der Waals surface area contributed by atoms with Gasteiger partial charge in [-0.2, -0.15) is 0 Å². The topological polar surface area (TPSA) is 64.3 Å². The van der Waals surface area contributed by atoms with Crippen LogP contribution in [0.2, 0.25) is 0 Å². The van der Waals surface area contributed by atoms with Crippen LogP contribution in [-0.4, -0.2) is 26.1 Å². The summed E-state index contributed by atoms with van der Waals surface area (Å²) in [7, 11) is 1.63. The zero-order valence-electron chi connectivity index (χ0n) is 10.7. The minimum atomic E-state index is -0.331. The summed E-state index contributed by atoms with van der Waals surface area (Å²) in [4.78, 5) is 11.0. The number of amides is 1. The van der Waals surface area contributed by atoms with Crippen LogP contribution in [0.1, 0.15) is 29.9 Å². The van der Waals surface area contributed by atoms with Gasteiger partial charge in [0.1, 0.15) is 5.75 Å². The van der Waals surface area contributed by atoms with Crippen LogP contribution in [0.4, 0.5) is 0 Å². The highest BCUT2D eigenvalue weighted by molar-refractivity contribution is 5.77. The molecule has 2 rings (SSSR count). The summed E-state index contributed by atoms with van der Waals surface area (Å²) in [6, 6.07) is 6.10. The van der Waals surface area contributed by atoms with Gasteiger partial charge in [0, 0.05) is 5.56 Å². The summed E-state index contributed by atoms with van der Waals surface area (Å²) in [5.74, 6) is 1.02. The monoisotopic (exact) mass is 248 g/mol. The molecule has 0 aromatic heterocycles. The number of carbonyl (C=O) groups excluding carboxylic acids is 1. The van der Waals surface area contributed by atoms with Crippen LogP contribution in [0.3, 0.4) is 0 Å². The third kappa shape index (κ3) is 3.01. The van der Waals surface area contributed by atoms with Gasteiger partial charge in [0.05, 0.1) is 13.5 Å². The van der Waals surface area contributed by atoms with Crippen molar-refractivity contribution >= 4 is 5.91 Å². The van der Waals surface area contributed by atoms with E-state index >= 15 is 0 Å². The molecule has 1 aromatic rings. The summed E-state index contributed by atoms with van der Waals surface area (Å²) in [5.41, 5.74) is 7.38. The standard InChI is InChI=1S/C14H20N2O2/c1-18-13-8-11(10-4-6-16-7-5-10)2-3-12(13)9-14(15)17/h2-3,8,10,16H,4-7,9H2,1H3,(H2,15,17). The van der Waals surface area contributed by atoms with Gasteiger partial charge in [-0.05, 0) is 43.5 Å². The second-order valence-corrected chi connectivity index (χ2v) is 4.74. The van der Waals surface area contributed by atoms with Crippen LogP contribution in [0.15, 0.2) is 18.2 Å². The Balaban J connectivity index is 2.20. The van der Waals surface area contributed by atoms with Crippen LogP contribution < -0.4 is 15.8 Å². The van der Waals surface area contributed by atoms with E-state index in [0.717, 1.165) is 37.2 Å². The van der Waals surface area contributed by atoms with Crippen molar-refractivity contribution in [1.82, 2.24) is 5.32 Å². The quantitative estimate of drug-likeness (QED) is 0.841. The molecule has 1 amide bonds. The molecule has 1 fully saturated rings. The number of ether oxygens (including phenoxy) is 1. The van der Waals surface area contributed by atoms with Crippen molar-refractivity contribution in [2.75, 3.05) is 20.2 Å². The number of nitrogens with one attached hydrogen (secondary N) is 1. The van der Waals surface area contributed by atoms with Crippen LogP contribution in [0, 0.1) is 0 Å². The Kier molecular flexibility index (Phi) is 4.20. The number of carbonyl (C=O) groups is 1. The Labute approximate surface area is 108 Å². The second-order valence-electron chi connectivity index (χ2n) is 4.74. The maximum atomic E-state index is 11.0. The summed E-state index contributed by atoms with van der Waals surface area (Å²) in [5, 5.41) is 3.36. The van der Waals surface area contributed by atoms with Gasteiger partial charge in [0.2, 0.25) is 5.91 Å². The molecule has 0 spiro atoms. The molecule has 0 radical (unpaired) electrons. The summed E-state index contributed by atoms with van der Waals surface area (Å²) in [6.07, 6.45) is 2.53. The molecule has 0 bridgehead atoms. The lowest BCUT2D eigenvalue weighted by atomic mass is 9.89. The minimum Gasteiger partial charge on any atom is -0.496 e. The number of benzene rings is 1. The van der Waals surface area contributed by atoms with E-state index in [4.69, 9.17) is 10.5 Å². The number of primary amides is 1. The third-order valence-electron chi connectivity index (χ3n) is 3.49. The van der Waals surface area contributed by atoms with Crippen molar-refractivity contribution < 1.29 is 9.53 Å². The first-order valence-corrected chi connectivity index (χ1v) is 6.36. The van der Waals surface area contributed by atoms with Crippen LogP contribution in [0.5, 0.6) is 5.75 Å². The van der Waals surface area contributed by atoms with Crippen molar-refractivity contribution in [2.45, 2.75) is 25.2 Å². The molecule has 1 aliphatic rings. The summed E-state index contributed by atoms with van der Waals surface area (Å²) in [6.45, 7) is 2.13. The molecule has 4 heteroatoms. The van der Waals surface area contributed by atoms with Crippen LogP contribution >= 0.6 is 0 Å². The molecule has 0 saturated carbocycles. The molecule has 98 valence electrons. The molecule has 1 heterocycles. The predicted molar refractivity (Wildman–Crippen MR) is 70.7 cm³/mol. The van der Waals surface area contributed by atoms with Gasteiger partial charge < -0.3 is 15.8 Å². The van der Waals surface area contributed by atoms with Crippen LogP contribution in [-0.2, 0) is 11.2 Å². The number of hydrogen-bond donors (Lipinski definition) is 2.